The minimum atomic E-state index is -0.420. The number of hydrogen-bond acceptors (Lipinski definition) is 5. The van der Waals surface area contributed by atoms with Crippen LogP contribution in [0.25, 0.3) is 0 Å². The molecule has 26 heavy (non-hydrogen) atoms. The van der Waals surface area contributed by atoms with Crippen molar-refractivity contribution in [1.82, 2.24) is 15.5 Å². The smallest absolute Gasteiger partial charge is 0.237 e. The lowest BCUT2D eigenvalue weighted by Gasteiger charge is -2.28. The van der Waals surface area contributed by atoms with Crippen LogP contribution in [0.3, 0.4) is 0 Å². The van der Waals surface area contributed by atoms with E-state index in [1.807, 2.05) is 12.1 Å². The predicted molar refractivity (Wildman–Crippen MR) is 106 cm³/mol. The molecule has 2 aliphatic heterocycles. The molecule has 3 unspecified atom stereocenters. The number of benzene rings is 1. The number of nitrogens with one attached hydrogen (secondary N) is 2. The molecule has 3 atom stereocenters. The zero-order chi connectivity index (χ0) is 16.9. The van der Waals surface area contributed by atoms with Crippen LogP contribution in [0.15, 0.2) is 24.3 Å². The Balaban J connectivity index is 0.00000169. The fourth-order valence-corrected chi connectivity index (χ4v) is 3.57. The lowest BCUT2D eigenvalue weighted by molar-refractivity contribution is -0.123. The van der Waals surface area contributed by atoms with Gasteiger partial charge < -0.3 is 20.5 Å². The number of β-amino-alcohol motifs (C(OH)–C–C–N with tert-alkyl or cyclic N) is 1. The molecule has 2 fully saturated rings. The van der Waals surface area contributed by atoms with Gasteiger partial charge in [0.1, 0.15) is 5.75 Å². The van der Waals surface area contributed by atoms with Crippen molar-refractivity contribution in [3.63, 3.8) is 0 Å². The monoisotopic (exact) mass is 405 g/mol. The van der Waals surface area contributed by atoms with Crippen LogP contribution in [0, 0.1) is 0 Å². The van der Waals surface area contributed by atoms with Gasteiger partial charge in [-0.15, -0.1) is 24.8 Å². The predicted octanol–water partition coefficient (Wildman–Crippen LogP) is 1.51. The second-order valence-corrected chi connectivity index (χ2v) is 6.63. The summed E-state index contributed by atoms with van der Waals surface area (Å²) in [7, 11) is 1.66. The van der Waals surface area contributed by atoms with Crippen molar-refractivity contribution in [2.24, 2.45) is 0 Å². The van der Waals surface area contributed by atoms with Crippen molar-refractivity contribution in [1.29, 1.82) is 0 Å². The van der Waals surface area contributed by atoms with Gasteiger partial charge in [-0.25, -0.2) is 0 Å². The van der Waals surface area contributed by atoms with Gasteiger partial charge in [0.2, 0.25) is 5.91 Å². The Kier molecular flexibility index (Phi) is 9.68. The highest BCUT2D eigenvalue weighted by molar-refractivity contribution is 5.85. The van der Waals surface area contributed by atoms with Crippen molar-refractivity contribution in [3.8, 4) is 5.75 Å². The zero-order valence-electron chi connectivity index (χ0n) is 15.0. The maximum Gasteiger partial charge on any atom is 0.237 e. The largest absolute Gasteiger partial charge is 0.497 e. The number of nitrogens with zero attached hydrogens (tertiary/aromatic N) is 1. The molecule has 0 aromatic heterocycles. The molecular weight excluding hydrogens is 377 g/mol. The SMILES string of the molecule is COc1ccc(C(CNC(=O)C2CC(O)CN2)N2CCCC2)cc1.Cl.Cl. The average Bonchev–Trinajstić information content (AvgIpc) is 3.27. The number of methoxy groups -OCH3 is 1. The molecular formula is C18H29Cl2N3O3. The summed E-state index contributed by atoms with van der Waals surface area (Å²) in [6, 6.07) is 7.98. The number of hydrogen-bond donors (Lipinski definition) is 3. The average molecular weight is 406 g/mol. The molecule has 3 N–H and O–H groups in total. The Labute approximate surface area is 167 Å². The molecule has 0 aliphatic carbocycles. The summed E-state index contributed by atoms with van der Waals surface area (Å²) in [5.41, 5.74) is 1.19. The van der Waals surface area contributed by atoms with Crippen LogP contribution in [-0.2, 0) is 4.79 Å². The fourth-order valence-electron chi connectivity index (χ4n) is 3.57. The van der Waals surface area contributed by atoms with Gasteiger partial charge in [-0.1, -0.05) is 12.1 Å². The van der Waals surface area contributed by atoms with Gasteiger partial charge in [-0.3, -0.25) is 9.69 Å². The number of carbonyl (C=O) groups is 1. The van der Waals surface area contributed by atoms with Crippen LogP contribution < -0.4 is 15.4 Å². The number of rotatable bonds is 6. The Bertz CT molecular complexity index is 553. The number of aliphatic hydroxyl groups is 1. The third kappa shape index (κ3) is 5.72. The molecule has 148 valence electrons. The van der Waals surface area contributed by atoms with E-state index >= 15 is 0 Å². The highest BCUT2D eigenvalue weighted by Gasteiger charge is 2.29. The van der Waals surface area contributed by atoms with E-state index in [-0.39, 0.29) is 42.8 Å². The van der Waals surface area contributed by atoms with E-state index in [0.29, 0.717) is 19.5 Å². The standard InChI is InChI=1S/C18H27N3O3.2ClH/c1-24-15-6-4-13(5-7-15)17(21-8-2-3-9-21)12-20-18(23)16-10-14(22)11-19-16;;/h4-7,14,16-17,19,22H,2-3,8-12H2,1H3,(H,20,23);2*1H. The van der Waals surface area contributed by atoms with Crippen molar-refractivity contribution < 1.29 is 14.6 Å². The molecule has 8 heteroatoms. The number of likely N-dealkylation sites (tertiary alicyclic amines) is 1. The van der Waals surface area contributed by atoms with Gasteiger partial charge in [0, 0.05) is 13.1 Å². The summed E-state index contributed by atoms with van der Waals surface area (Å²) in [6.07, 6.45) is 2.48. The molecule has 2 aliphatic rings. The topological polar surface area (TPSA) is 73.8 Å². The Morgan fingerprint density at radius 2 is 1.96 bits per heavy atom. The summed E-state index contributed by atoms with van der Waals surface area (Å²) in [5.74, 6) is 0.816. The molecule has 2 saturated heterocycles. The zero-order valence-corrected chi connectivity index (χ0v) is 16.7. The maximum atomic E-state index is 12.3. The quantitative estimate of drug-likeness (QED) is 0.668. The minimum Gasteiger partial charge on any atom is -0.497 e. The van der Waals surface area contributed by atoms with E-state index in [2.05, 4.69) is 27.7 Å². The summed E-state index contributed by atoms with van der Waals surface area (Å²) in [6.45, 7) is 3.20. The lowest BCUT2D eigenvalue weighted by Crippen LogP contribution is -2.44. The summed E-state index contributed by atoms with van der Waals surface area (Å²) < 4.78 is 5.23. The van der Waals surface area contributed by atoms with Crippen LogP contribution in [0.2, 0.25) is 0 Å². The normalized spacial score (nSPS) is 23.6. The van der Waals surface area contributed by atoms with Crippen LogP contribution in [0.5, 0.6) is 5.75 Å². The molecule has 2 heterocycles. The number of amides is 1. The number of halogens is 2. The number of carbonyl (C=O) groups excluding carboxylic acids is 1. The van der Waals surface area contributed by atoms with Crippen LogP contribution in [-0.4, -0.2) is 61.3 Å². The third-order valence-electron chi connectivity index (χ3n) is 4.98. The number of ether oxygens (including phenoxy) is 1. The van der Waals surface area contributed by atoms with Gasteiger partial charge >= 0.3 is 0 Å². The summed E-state index contributed by atoms with van der Waals surface area (Å²) in [5, 5.41) is 15.7. The molecule has 1 amide bonds. The summed E-state index contributed by atoms with van der Waals surface area (Å²) in [4.78, 5) is 14.7. The highest BCUT2D eigenvalue weighted by atomic mass is 35.5. The molecule has 3 rings (SSSR count). The van der Waals surface area contributed by atoms with Crippen molar-refractivity contribution in [3.05, 3.63) is 29.8 Å². The van der Waals surface area contributed by atoms with Crippen molar-refractivity contribution >= 4 is 30.7 Å². The summed E-state index contributed by atoms with van der Waals surface area (Å²) >= 11 is 0. The molecule has 0 spiro atoms. The van der Waals surface area contributed by atoms with E-state index in [4.69, 9.17) is 4.74 Å². The second-order valence-electron chi connectivity index (χ2n) is 6.63. The van der Waals surface area contributed by atoms with E-state index in [1.54, 1.807) is 7.11 Å². The van der Waals surface area contributed by atoms with Gasteiger partial charge in [-0.2, -0.15) is 0 Å². The molecule has 1 aromatic carbocycles. The van der Waals surface area contributed by atoms with Gasteiger partial charge in [-0.05, 0) is 50.0 Å². The fraction of sp³-hybridized carbons (Fsp3) is 0.611. The van der Waals surface area contributed by atoms with Gasteiger partial charge in [0.05, 0.1) is 25.3 Å². The maximum absolute atomic E-state index is 12.3. The van der Waals surface area contributed by atoms with E-state index in [9.17, 15) is 9.90 Å². The second kappa shape index (κ2) is 10.9. The van der Waals surface area contributed by atoms with Crippen LogP contribution >= 0.6 is 24.8 Å². The molecule has 0 radical (unpaired) electrons. The van der Waals surface area contributed by atoms with E-state index in [0.717, 1.165) is 18.8 Å². The van der Waals surface area contributed by atoms with Crippen molar-refractivity contribution in [2.45, 2.75) is 37.5 Å². The third-order valence-corrected chi connectivity index (χ3v) is 4.98. The Morgan fingerprint density at radius 1 is 1.31 bits per heavy atom. The van der Waals surface area contributed by atoms with Gasteiger partial charge in [0.25, 0.3) is 0 Å². The lowest BCUT2D eigenvalue weighted by atomic mass is 10.0. The van der Waals surface area contributed by atoms with Crippen molar-refractivity contribution in [2.75, 3.05) is 33.3 Å². The van der Waals surface area contributed by atoms with E-state index < -0.39 is 6.10 Å². The Hall–Kier alpha value is -1.05. The first-order valence-electron chi connectivity index (χ1n) is 8.74. The van der Waals surface area contributed by atoms with E-state index in [1.165, 1.54) is 18.4 Å². The first-order chi connectivity index (χ1) is 11.7. The molecule has 0 saturated carbocycles. The first-order valence-corrected chi connectivity index (χ1v) is 8.74. The molecule has 1 aromatic rings. The van der Waals surface area contributed by atoms with Crippen LogP contribution in [0.4, 0.5) is 0 Å². The first kappa shape index (κ1) is 23.0. The van der Waals surface area contributed by atoms with Gasteiger partial charge in [0.15, 0.2) is 0 Å². The number of aliphatic hydroxyl groups excluding tert-OH is 1. The minimum absolute atomic E-state index is 0. The molecule has 6 nitrogen and oxygen atoms in total. The van der Waals surface area contributed by atoms with Crippen LogP contribution in [0.1, 0.15) is 30.9 Å². The highest BCUT2D eigenvalue weighted by Crippen LogP contribution is 2.26. The molecule has 0 bridgehead atoms. The Morgan fingerprint density at radius 3 is 2.50 bits per heavy atom.